The molecule has 1 aromatic rings. The molecule has 6 heteroatoms. The van der Waals surface area contributed by atoms with Crippen LogP contribution in [0.4, 0.5) is 0 Å². The maximum absolute atomic E-state index is 12.1. The van der Waals surface area contributed by atoms with Crippen molar-refractivity contribution < 1.29 is 14.7 Å². The van der Waals surface area contributed by atoms with Gasteiger partial charge in [-0.2, -0.15) is 0 Å². The molecular formula is C14H13Cl2NO3. The Labute approximate surface area is 126 Å². The van der Waals surface area contributed by atoms with E-state index in [0.717, 1.165) is 12.8 Å². The van der Waals surface area contributed by atoms with E-state index >= 15 is 0 Å². The van der Waals surface area contributed by atoms with E-state index in [1.165, 1.54) is 0 Å². The SMILES string of the molecule is O=C(O)C1CC(=O)N(C2CC2)C1c1cc(Cl)cc(Cl)c1. The van der Waals surface area contributed by atoms with Gasteiger partial charge in [0.2, 0.25) is 5.91 Å². The Kier molecular flexibility index (Phi) is 3.38. The average molecular weight is 314 g/mol. The van der Waals surface area contributed by atoms with Gasteiger partial charge in [-0.15, -0.1) is 0 Å². The van der Waals surface area contributed by atoms with Gasteiger partial charge < -0.3 is 10.0 Å². The average Bonchev–Trinajstić information content (AvgIpc) is 3.11. The second-order valence-corrected chi connectivity index (χ2v) is 6.20. The summed E-state index contributed by atoms with van der Waals surface area (Å²) in [5.74, 6) is -1.79. The first-order valence-electron chi connectivity index (χ1n) is 6.47. The van der Waals surface area contributed by atoms with Crippen LogP contribution in [0.1, 0.15) is 30.9 Å². The number of hydrogen-bond acceptors (Lipinski definition) is 2. The number of carboxylic acid groups (broad SMARTS) is 1. The van der Waals surface area contributed by atoms with Crippen molar-refractivity contribution in [1.82, 2.24) is 4.90 Å². The van der Waals surface area contributed by atoms with Crippen molar-refractivity contribution in [3.63, 3.8) is 0 Å². The topological polar surface area (TPSA) is 57.6 Å². The zero-order chi connectivity index (χ0) is 14.4. The lowest BCUT2D eigenvalue weighted by Crippen LogP contribution is -2.32. The molecule has 1 amide bonds. The number of nitrogens with zero attached hydrogens (tertiary/aromatic N) is 1. The van der Waals surface area contributed by atoms with Gasteiger partial charge in [-0.1, -0.05) is 23.2 Å². The Morgan fingerprint density at radius 1 is 1.20 bits per heavy atom. The van der Waals surface area contributed by atoms with Crippen LogP contribution in [0.2, 0.25) is 10.0 Å². The Morgan fingerprint density at radius 3 is 2.30 bits per heavy atom. The number of benzene rings is 1. The van der Waals surface area contributed by atoms with E-state index in [2.05, 4.69) is 0 Å². The van der Waals surface area contributed by atoms with Crippen LogP contribution in [0, 0.1) is 5.92 Å². The summed E-state index contributed by atoms with van der Waals surface area (Å²) < 4.78 is 0. The van der Waals surface area contributed by atoms with Crippen LogP contribution in [-0.2, 0) is 9.59 Å². The van der Waals surface area contributed by atoms with Gasteiger partial charge in [0, 0.05) is 22.5 Å². The molecule has 106 valence electrons. The molecular weight excluding hydrogens is 301 g/mol. The molecule has 1 saturated carbocycles. The van der Waals surface area contributed by atoms with Crippen molar-refractivity contribution in [2.24, 2.45) is 5.92 Å². The largest absolute Gasteiger partial charge is 0.481 e. The fourth-order valence-corrected chi connectivity index (χ4v) is 3.44. The first-order valence-corrected chi connectivity index (χ1v) is 7.23. The van der Waals surface area contributed by atoms with E-state index in [9.17, 15) is 14.7 Å². The van der Waals surface area contributed by atoms with Crippen LogP contribution in [0.5, 0.6) is 0 Å². The number of halogens is 2. The minimum atomic E-state index is -0.956. The lowest BCUT2D eigenvalue weighted by atomic mass is 9.93. The van der Waals surface area contributed by atoms with E-state index in [-0.39, 0.29) is 18.4 Å². The normalized spacial score (nSPS) is 26.1. The first-order chi connectivity index (χ1) is 9.47. The van der Waals surface area contributed by atoms with Crippen molar-refractivity contribution in [2.45, 2.75) is 31.3 Å². The van der Waals surface area contributed by atoms with Gasteiger partial charge in [-0.05, 0) is 36.6 Å². The predicted octanol–water partition coefficient (Wildman–Crippen LogP) is 3.13. The lowest BCUT2D eigenvalue weighted by Gasteiger charge is -2.27. The van der Waals surface area contributed by atoms with Crippen LogP contribution in [-0.4, -0.2) is 27.9 Å². The molecule has 2 fully saturated rings. The number of aliphatic carboxylic acids is 1. The van der Waals surface area contributed by atoms with Gasteiger partial charge in [0.25, 0.3) is 0 Å². The summed E-state index contributed by atoms with van der Waals surface area (Å²) >= 11 is 12.0. The molecule has 2 unspecified atom stereocenters. The first kappa shape index (κ1) is 13.7. The molecule has 20 heavy (non-hydrogen) atoms. The lowest BCUT2D eigenvalue weighted by molar-refractivity contribution is -0.142. The molecule has 0 spiro atoms. The molecule has 1 aliphatic carbocycles. The summed E-state index contributed by atoms with van der Waals surface area (Å²) in [7, 11) is 0. The Morgan fingerprint density at radius 2 is 1.80 bits per heavy atom. The molecule has 2 atom stereocenters. The smallest absolute Gasteiger partial charge is 0.309 e. The van der Waals surface area contributed by atoms with Crippen LogP contribution in [0.3, 0.4) is 0 Å². The summed E-state index contributed by atoms with van der Waals surface area (Å²) in [5, 5.41) is 10.3. The van der Waals surface area contributed by atoms with Crippen molar-refractivity contribution in [2.75, 3.05) is 0 Å². The van der Waals surface area contributed by atoms with E-state index in [1.807, 2.05) is 0 Å². The molecule has 0 aromatic heterocycles. The highest BCUT2D eigenvalue weighted by molar-refractivity contribution is 6.34. The molecule has 0 radical (unpaired) electrons. The molecule has 1 saturated heterocycles. The third kappa shape index (κ3) is 2.38. The molecule has 2 aliphatic rings. The van der Waals surface area contributed by atoms with Crippen LogP contribution >= 0.6 is 23.2 Å². The maximum Gasteiger partial charge on any atom is 0.309 e. The summed E-state index contributed by atoms with van der Waals surface area (Å²) in [6, 6.07) is 4.68. The quantitative estimate of drug-likeness (QED) is 0.932. The highest BCUT2D eigenvalue weighted by Crippen LogP contribution is 2.45. The second kappa shape index (κ2) is 4.93. The number of rotatable bonds is 3. The van der Waals surface area contributed by atoms with Crippen LogP contribution in [0.25, 0.3) is 0 Å². The van der Waals surface area contributed by atoms with Crippen LogP contribution in [0.15, 0.2) is 18.2 Å². The molecule has 4 nitrogen and oxygen atoms in total. The third-order valence-corrected chi connectivity index (χ3v) is 4.28. The molecule has 1 aliphatic heterocycles. The van der Waals surface area contributed by atoms with E-state index in [4.69, 9.17) is 23.2 Å². The number of carbonyl (C=O) groups is 2. The van der Waals surface area contributed by atoms with Gasteiger partial charge in [-0.25, -0.2) is 0 Å². The second-order valence-electron chi connectivity index (χ2n) is 5.33. The van der Waals surface area contributed by atoms with E-state index < -0.39 is 17.9 Å². The molecule has 1 aromatic carbocycles. The molecule has 1 N–H and O–H groups in total. The maximum atomic E-state index is 12.1. The Balaban J connectivity index is 2.04. The van der Waals surface area contributed by atoms with Gasteiger partial charge in [-0.3, -0.25) is 9.59 Å². The summed E-state index contributed by atoms with van der Waals surface area (Å²) in [5.41, 5.74) is 0.702. The fraction of sp³-hybridized carbons (Fsp3) is 0.429. The van der Waals surface area contributed by atoms with Gasteiger partial charge in [0.05, 0.1) is 12.0 Å². The van der Waals surface area contributed by atoms with E-state index in [0.29, 0.717) is 15.6 Å². The number of likely N-dealkylation sites (tertiary alicyclic amines) is 1. The zero-order valence-electron chi connectivity index (χ0n) is 10.6. The fourth-order valence-electron chi connectivity index (χ4n) is 2.90. The summed E-state index contributed by atoms with van der Waals surface area (Å²) in [6.07, 6.45) is 1.91. The van der Waals surface area contributed by atoms with Gasteiger partial charge in [0.1, 0.15) is 0 Å². The highest BCUT2D eigenvalue weighted by Gasteiger charge is 2.49. The number of carbonyl (C=O) groups excluding carboxylic acids is 1. The molecule has 3 rings (SSSR count). The van der Waals surface area contributed by atoms with Crippen molar-refractivity contribution in [3.05, 3.63) is 33.8 Å². The van der Waals surface area contributed by atoms with E-state index in [1.54, 1.807) is 23.1 Å². The zero-order valence-corrected chi connectivity index (χ0v) is 12.1. The standard InChI is InChI=1S/C14H13Cl2NO3/c15-8-3-7(4-9(16)5-8)13-11(14(19)20)6-12(18)17(13)10-1-2-10/h3-5,10-11,13H,1-2,6H2,(H,19,20). The van der Waals surface area contributed by atoms with Crippen molar-refractivity contribution >= 4 is 35.1 Å². The predicted molar refractivity (Wildman–Crippen MR) is 74.8 cm³/mol. The van der Waals surface area contributed by atoms with Crippen molar-refractivity contribution in [1.29, 1.82) is 0 Å². The molecule has 0 bridgehead atoms. The number of hydrogen-bond donors (Lipinski definition) is 1. The molecule has 1 heterocycles. The number of carboxylic acids is 1. The van der Waals surface area contributed by atoms with Gasteiger partial charge in [0.15, 0.2) is 0 Å². The van der Waals surface area contributed by atoms with Crippen LogP contribution < -0.4 is 0 Å². The van der Waals surface area contributed by atoms with Gasteiger partial charge >= 0.3 is 5.97 Å². The Bertz CT molecular complexity index is 566. The summed E-state index contributed by atoms with van der Waals surface area (Å²) in [6.45, 7) is 0. The minimum Gasteiger partial charge on any atom is -0.481 e. The monoisotopic (exact) mass is 313 g/mol. The van der Waals surface area contributed by atoms with Crippen molar-refractivity contribution in [3.8, 4) is 0 Å². The number of amides is 1. The Hall–Kier alpha value is -1.26. The minimum absolute atomic E-state index is 0.0423. The third-order valence-electron chi connectivity index (χ3n) is 3.85. The highest BCUT2D eigenvalue weighted by atomic mass is 35.5. The summed E-state index contributed by atoms with van der Waals surface area (Å²) in [4.78, 5) is 25.3.